The lowest BCUT2D eigenvalue weighted by Crippen LogP contribution is -2.33. The van der Waals surface area contributed by atoms with Crippen LogP contribution in [0.2, 0.25) is 0 Å². The maximum Gasteiger partial charge on any atom is 0.258 e. The number of ether oxygens (including phenoxy) is 3. The first-order chi connectivity index (χ1) is 17.0. The summed E-state index contributed by atoms with van der Waals surface area (Å²) < 4.78 is 19.3. The fraction of sp³-hybridized carbons (Fsp3) is 0.286. The monoisotopic (exact) mass is 471 g/mol. The summed E-state index contributed by atoms with van der Waals surface area (Å²) in [6.07, 6.45) is 0.693. The van der Waals surface area contributed by atoms with Gasteiger partial charge in [0.1, 0.15) is 17.4 Å². The quantitative estimate of drug-likeness (QED) is 0.522. The van der Waals surface area contributed by atoms with Crippen molar-refractivity contribution in [1.29, 1.82) is 5.26 Å². The van der Waals surface area contributed by atoms with E-state index in [-0.39, 0.29) is 17.0 Å². The molecular formula is C28H29N3O4. The Bertz CT molecular complexity index is 1350. The number of nitriles is 1. The van der Waals surface area contributed by atoms with Crippen LogP contribution in [0.3, 0.4) is 0 Å². The first-order valence-electron chi connectivity index (χ1n) is 11.7. The van der Waals surface area contributed by atoms with Crippen molar-refractivity contribution >= 4 is 0 Å². The fourth-order valence-corrected chi connectivity index (χ4v) is 4.49. The Morgan fingerprint density at radius 1 is 1.09 bits per heavy atom. The Kier molecular flexibility index (Phi) is 7.11. The molecule has 1 aliphatic rings. The van der Waals surface area contributed by atoms with Crippen LogP contribution in [0.5, 0.6) is 17.2 Å². The number of aromatic nitrogens is 1. The summed E-state index contributed by atoms with van der Waals surface area (Å²) in [5, 5.41) is 10.0. The second-order valence-electron chi connectivity index (χ2n) is 8.22. The number of para-hydroxylation sites is 1. The third-order valence-electron chi connectivity index (χ3n) is 6.07. The molecule has 7 nitrogen and oxygen atoms in total. The summed E-state index contributed by atoms with van der Waals surface area (Å²) in [6.45, 7) is 6.96. The molecule has 1 aliphatic heterocycles. The highest BCUT2D eigenvalue weighted by molar-refractivity contribution is 5.61. The molecule has 1 atom stereocenters. The largest absolute Gasteiger partial charge is 0.490 e. The average molecular weight is 472 g/mol. The topological polar surface area (TPSA) is 99.5 Å². The van der Waals surface area contributed by atoms with Gasteiger partial charge in [-0.3, -0.25) is 4.79 Å². The van der Waals surface area contributed by atoms with Gasteiger partial charge in [-0.05, 0) is 38.8 Å². The van der Waals surface area contributed by atoms with Gasteiger partial charge in [-0.25, -0.2) is 0 Å². The minimum Gasteiger partial charge on any atom is -0.490 e. The standard InChI is InChI=1S/C28H29N3O4/c1-4-33-22-13-9-12-20(26(22)34-5-2)24-21(17-29)27(30)35-23-16-18(3)31(28(32)25(23)24)15-14-19-10-7-6-8-11-19/h6-13,16,24H,4-5,14-15,30H2,1-3H3/t24-/m0/s1. The lowest BCUT2D eigenvalue weighted by atomic mass is 9.83. The van der Waals surface area contributed by atoms with Crippen LogP contribution in [-0.4, -0.2) is 17.8 Å². The van der Waals surface area contributed by atoms with Gasteiger partial charge in [0.2, 0.25) is 5.88 Å². The number of fused-ring (bicyclic) bond motifs is 1. The van der Waals surface area contributed by atoms with Crippen LogP contribution in [-0.2, 0) is 13.0 Å². The maximum absolute atomic E-state index is 13.9. The van der Waals surface area contributed by atoms with Gasteiger partial charge >= 0.3 is 0 Å². The molecule has 0 fully saturated rings. The highest BCUT2D eigenvalue weighted by Crippen LogP contribution is 2.46. The maximum atomic E-state index is 13.9. The highest BCUT2D eigenvalue weighted by Gasteiger charge is 2.36. The Labute approximate surface area is 205 Å². The van der Waals surface area contributed by atoms with Crippen molar-refractivity contribution in [2.24, 2.45) is 5.73 Å². The molecule has 2 heterocycles. The number of benzene rings is 2. The molecule has 35 heavy (non-hydrogen) atoms. The molecule has 2 N–H and O–H groups in total. The summed E-state index contributed by atoms with van der Waals surface area (Å²) in [4.78, 5) is 13.9. The number of aryl methyl sites for hydroxylation is 2. The van der Waals surface area contributed by atoms with Gasteiger partial charge in [-0.15, -0.1) is 0 Å². The van der Waals surface area contributed by atoms with Crippen molar-refractivity contribution in [2.75, 3.05) is 13.2 Å². The zero-order chi connectivity index (χ0) is 24.9. The van der Waals surface area contributed by atoms with E-state index in [1.165, 1.54) is 0 Å². The van der Waals surface area contributed by atoms with E-state index in [2.05, 4.69) is 6.07 Å². The lowest BCUT2D eigenvalue weighted by Gasteiger charge is -2.29. The summed E-state index contributed by atoms with van der Waals surface area (Å²) in [6, 6.07) is 19.5. The molecular weight excluding hydrogens is 442 g/mol. The number of allylic oxidation sites excluding steroid dienone is 1. The number of nitrogens with zero attached hydrogens (tertiary/aromatic N) is 2. The van der Waals surface area contributed by atoms with Gasteiger partial charge in [0.25, 0.3) is 5.56 Å². The lowest BCUT2D eigenvalue weighted by molar-refractivity contribution is 0.284. The van der Waals surface area contributed by atoms with E-state index in [1.807, 2.05) is 75.4 Å². The van der Waals surface area contributed by atoms with Gasteiger partial charge in [-0.1, -0.05) is 42.5 Å². The first-order valence-corrected chi connectivity index (χ1v) is 11.7. The van der Waals surface area contributed by atoms with Gasteiger partial charge in [-0.2, -0.15) is 5.26 Å². The smallest absolute Gasteiger partial charge is 0.258 e. The molecule has 0 saturated heterocycles. The van der Waals surface area contributed by atoms with E-state index in [0.29, 0.717) is 54.6 Å². The SMILES string of the molecule is CCOc1cccc([C@H]2C(C#N)=C(N)Oc3cc(C)n(CCc4ccccc4)c(=O)c32)c1OCC. The van der Waals surface area contributed by atoms with Gasteiger partial charge in [0.05, 0.1) is 24.7 Å². The van der Waals surface area contributed by atoms with Crippen LogP contribution in [0, 0.1) is 18.3 Å². The number of hydrogen-bond donors (Lipinski definition) is 1. The van der Waals surface area contributed by atoms with Crippen molar-refractivity contribution in [2.45, 2.75) is 39.7 Å². The van der Waals surface area contributed by atoms with Crippen molar-refractivity contribution in [3.63, 3.8) is 0 Å². The second-order valence-corrected chi connectivity index (χ2v) is 8.22. The molecule has 0 saturated carbocycles. The summed E-state index contributed by atoms with van der Waals surface area (Å²) in [7, 11) is 0. The average Bonchev–Trinajstić information content (AvgIpc) is 2.85. The van der Waals surface area contributed by atoms with E-state index in [0.717, 1.165) is 11.3 Å². The molecule has 3 aromatic rings. The van der Waals surface area contributed by atoms with Crippen LogP contribution in [0.15, 0.2) is 70.8 Å². The zero-order valence-electron chi connectivity index (χ0n) is 20.2. The molecule has 0 unspecified atom stereocenters. The van der Waals surface area contributed by atoms with Gasteiger partial charge in [0.15, 0.2) is 11.5 Å². The van der Waals surface area contributed by atoms with Crippen LogP contribution >= 0.6 is 0 Å². The normalized spacial score (nSPS) is 14.6. The van der Waals surface area contributed by atoms with E-state index in [9.17, 15) is 10.1 Å². The molecule has 0 radical (unpaired) electrons. The Hall–Kier alpha value is -4.18. The summed E-state index contributed by atoms with van der Waals surface area (Å²) in [5.41, 5.74) is 9.02. The molecule has 0 amide bonds. The molecule has 180 valence electrons. The number of nitrogens with two attached hydrogens (primary N) is 1. The van der Waals surface area contributed by atoms with E-state index in [1.54, 1.807) is 4.57 Å². The number of rotatable bonds is 8. The van der Waals surface area contributed by atoms with Crippen molar-refractivity contribution < 1.29 is 14.2 Å². The van der Waals surface area contributed by atoms with Crippen LogP contribution in [0.1, 0.15) is 42.1 Å². The van der Waals surface area contributed by atoms with Gasteiger partial charge < -0.3 is 24.5 Å². The molecule has 4 rings (SSSR count). The number of hydrogen-bond acceptors (Lipinski definition) is 6. The highest BCUT2D eigenvalue weighted by atomic mass is 16.5. The molecule has 7 heteroatoms. The molecule has 1 aromatic heterocycles. The van der Waals surface area contributed by atoms with Crippen molar-refractivity contribution in [1.82, 2.24) is 4.57 Å². The second kappa shape index (κ2) is 10.4. The van der Waals surface area contributed by atoms with Crippen LogP contribution in [0.25, 0.3) is 0 Å². The third-order valence-corrected chi connectivity index (χ3v) is 6.07. The van der Waals surface area contributed by atoms with Crippen molar-refractivity contribution in [3.05, 3.63) is 98.8 Å². The Morgan fingerprint density at radius 3 is 2.51 bits per heavy atom. The van der Waals surface area contributed by atoms with E-state index < -0.39 is 5.92 Å². The van der Waals surface area contributed by atoms with E-state index >= 15 is 0 Å². The molecule has 0 spiro atoms. The number of pyridine rings is 1. The summed E-state index contributed by atoms with van der Waals surface area (Å²) >= 11 is 0. The predicted octanol–water partition coefficient (Wildman–Crippen LogP) is 4.42. The fourth-order valence-electron chi connectivity index (χ4n) is 4.49. The van der Waals surface area contributed by atoms with Crippen LogP contribution < -0.4 is 25.5 Å². The van der Waals surface area contributed by atoms with E-state index in [4.69, 9.17) is 19.9 Å². The Morgan fingerprint density at radius 2 is 1.83 bits per heavy atom. The summed E-state index contributed by atoms with van der Waals surface area (Å²) in [5.74, 6) is 0.629. The van der Waals surface area contributed by atoms with Crippen molar-refractivity contribution in [3.8, 4) is 23.3 Å². The minimum atomic E-state index is -0.748. The minimum absolute atomic E-state index is 0.0184. The third kappa shape index (κ3) is 4.60. The van der Waals surface area contributed by atoms with Crippen LogP contribution in [0.4, 0.5) is 0 Å². The molecule has 0 aliphatic carbocycles. The van der Waals surface area contributed by atoms with Gasteiger partial charge in [0, 0.05) is 23.9 Å². The molecule has 0 bridgehead atoms. The first kappa shape index (κ1) is 24.0. The molecule has 2 aromatic carbocycles. The Balaban J connectivity index is 1.90. The zero-order valence-corrected chi connectivity index (χ0v) is 20.2. The predicted molar refractivity (Wildman–Crippen MR) is 134 cm³/mol.